The summed E-state index contributed by atoms with van der Waals surface area (Å²) >= 11 is 0. The Hall–Kier alpha value is -1.07. The molecule has 2 rings (SSSR count). The number of nitrogens with zero attached hydrogens (tertiary/aromatic N) is 1. The van der Waals surface area contributed by atoms with E-state index in [1.807, 2.05) is 6.92 Å². The van der Waals surface area contributed by atoms with E-state index >= 15 is 0 Å². The van der Waals surface area contributed by atoms with Gasteiger partial charge in [-0.25, -0.2) is 0 Å². The number of morpholine rings is 1. The monoisotopic (exact) mass is 287 g/mol. The van der Waals surface area contributed by atoms with Crippen molar-refractivity contribution in [2.24, 2.45) is 0 Å². The Morgan fingerprint density at radius 3 is 2.75 bits per heavy atom. The molecule has 0 spiro atoms. The van der Waals surface area contributed by atoms with Gasteiger partial charge in [0.1, 0.15) is 0 Å². The number of halogens is 3. The molecule has 0 bridgehead atoms. The van der Waals surface area contributed by atoms with E-state index in [0.29, 0.717) is 18.6 Å². The molecule has 1 unspecified atom stereocenters. The van der Waals surface area contributed by atoms with E-state index in [2.05, 4.69) is 4.90 Å². The van der Waals surface area contributed by atoms with Gasteiger partial charge in [-0.2, -0.15) is 13.2 Å². The molecule has 1 aliphatic heterocycles. The van der Waals surface area contributed by atoms with Crippen molar-refractivity contribution >= 4 is 0 Å². The lowest BCUT2D eigenvalue weighted by Gasteiger charge is -2.31. The quantitative estimate of drug-likeness (QED) is 0.846. The molecule has 2 nitrogen and oxygen atoms in total. The van der Waals surface area contributed by atoms with E-state index in [4.69, 9.17) is 4.74 Å². The molecule has 0 amide bonds. The number of benzene rings is 1. The fraction of sp³-hybridized carbons (Fsp3) is 0.600. The van der Waals surface area contributed by atoms with Gasteiger partial charge in [0.2, 0.25) is 0 Å². The van der Waals surface area contributed by atoms with E-state index in [0.717, 1.165) is 31.3 Å². The van der Waals surface area contributed by atoms with Gasteiger partial charge in [-0.15, -0.1) is 0 Å². The SMILES string of the molecule is Cc1c(CCN2CCOC(C)C2)cccc1C(F)(F)F. The molecule has 20 heavy (non-hydrogen) atoms. The van der Waals surface area contributed by atoms with Crippen LogP contribution in [-0.4, -0.2) is 37.2 Å². The fourth-order valence-corrected chi connectivity index (χ4v) is 2.63. The van der Waals surface area contributed by atoms with Gasteiger partial charge in [0, 0.05) is 19.6 Å². The summed E-state index contributed by atoms with van der Waals surface area (Å²) in [5.74, 6) is 0. The van der Waals surface area contributed by atoms with Crippen LogP contribution in [0.15, 0.2) is 18.2 Å². The molecule has 1 aromatic carbocycles. The van der Waals surface area contributed by atoms with E-state index in [1.165, 1.54) is 6.07 Å². The first-order valence-electron chi connectivity index (χ1n) is 6.87. The number of alkyl halides is 3. The summed E-state index contributed by atoms with van der Waals surface area (Å²) in [6, 6.07) is 4.43. The summed E-state index contributed by atoms with van der Waals surface area (Å²) in [6.07, 6.45) is -3.43. The second-order valence-electron chi connectivity index (χ2n) is 5.32. The second-order valence-corrected chi connectivity index (χ2v) is 5.32. The first kappa shape index (κ1) is 15.3. The predicted octanol–water partition coefficient (Wildman–Crippen LogP) is 3.28. The minimum Gasteiger partial charge on any atom is -0.376 e. The number of hydrogen-bond acceptors (Lipinski definition) is 2. The maximum absolute atomic E-state index is 12.8. The van der Waals surface area contributed by atoms with Gasteiger partial charge in [-0.3, -0.25) is 4.90 Å². The van der Waals surface area contributed by atoms with Gasteiger partial charge < -0.3 is 4.74 Å². The first-order chi connectivity index (χ1) is 9.38. The predicted molar refractivity (Wildman–Crippen MR) is 71.7 cm³/mol. The van der Waals surface area contributed by atoms with Crippen LogP contribution in [0.2, 0.25) is 0 Å². The summed E-state index contributed by atoms with van der Waals surface area (Å²) in [5.41, 5.74) is 0.602. The van der Waals surface area contributed by atoms with E-state index in [9.17, 15) is 13.2 Å². The van der Waals surface area contributed by atoms with Crippen LogP contribution in [0.3, 0.4) is 0 Å². The Morgan fingerprint density at radius 2 is 2.10 bits per heavy atom. The number of ether oxygens (including phenoxy) is 1. The first-order valence-corrected chi connectivity index (χ1v) is 6.87. The highest BCUT2D eigenvalue weighted by atomic mass is 19.4. The zero-order chi connectivity index (χ0) is 14.8. The highest BCUT2D eigenvalue weighted by molar-refractivity contribution is 5.36. The van der Waals surface area contributed by atoms with Crippen molar-refractivity contribution in [3.63, 3.8) is 0 Å². The molecule has 1 saturated heterocycles. The fourth-order valence-electron chi connectivity index (χ4n) is 2.63. The maximum Gasteiger partial charge on any atom is 0.416 e. The van der Waals surface area contributed by atoms with Crippen LogP contribution in [0, 0.1) is 6.92 Å². The highest BCUT2D eigenvalue weighted by Gasteiger charge is 2.32. The third kappa shape index (κ3) is 3.73. The second kappa shape index (κ2) is 6.14. The highest BCUT2D eigenvalue weighted by Crippen LogP contribution is 2.33. The summed E-state index contributed by atoms with van der Waals surface area (Å²) in [7, 11) is 0. The van der Waals surface area contributed by atoms with Gasteiger partial charge in [0.05, 0.1) is 18.3 Å². The minimum atomic E-state index is -4.27. The molecule has 0 saturated carbocycles. The lowest BCUT2D eigenvalue weighted by molar-refractivity contribution is -0.138. The Labute approximate surface area is 117 Å². The molecular formula is C15H20F3NO. The molecule has 1 aromatic rings. The Kier molecular flexibility index (Phi) is 4.70. The minimum absolute atomic E-state index is 0.200. The average Bonchev–Trinajstić information content (AvgIpc) is 2.36. The van der Waals surface area contributed by atoms with Gasteiger partial charge in [0.15, 0.2) is 0 Å². The molecule has 0 aliphatic carbocycles. The maximum atomic E-state index is 12.8. The van der Waals surface area contributed by atoms with Crippen molar-refractivity contribution in [1.82, 2.24) is 4.90 Å². The smallest absolute Gasteiger partial charge is 0.376 e. The number of hydrogen-bond donors (Lipinski definition) is 0. The zero-order valence-electron chi connectivity index (χ0n) is 11.8. The van der Waals surface area contributed by atoms with Crippen molar-refractivity contribution in [3.8, 4) is 0 Å². The molecule has 5 heteroatoms. The molecule has 0 radical (unpaired) electrons. The topological polar surface area (TPSA) is 12.5 Å². The lowest BCUT2D eigenvalue weighted by Crippen LogP contribution is -2.42. The average molecular weight is 287 g/mol. The van der Waals surface area contributed by atoms with E-state index in [1.54, 1.807) is 13.0 Å². The zero-order valence-corrected chi connectivity index (χ0v) is 11.8. The van der Waals surface area contributed by atoms with E-state index < -0.39 is 11.7 Å². The molecule has 0 aromatic heterocycles. The summed E-state index contributed by atoms with van der Waals surface area (Å²) < 4.78 is 44.0. The van der Waals surface area contributed by atoms with Crippen LogP contribution < -0.4 is 0 Å². The Balaban J connectivity index is 2.03. The summed E-state index contributed by atoms with van der Waals surface area (Å²) in [4.78, 5) is 2.24. The van der Waals surface area contributed by atoms with Crippen LogP contribution in [0.25, 0.3) is 0 Å². The van der Waals surface area contributed by atoms with E-state index in [-0.39, 0.29) is 6.10 Å². The third-order valence-corrected chi connectivity index (χ3v) is 3.77. The largest absolute Gasteiger partial charge is 0.416 e. The van der Waals surface area contributed by atoms with Crippen molar-refractivity contribution in [2.75, 3.05) is 26.2 Å². The van der Waals surface area contributed by atoms with Gasteiger partial charge in [-0.1, -0.05) is 12.1 Å². The van der Waals surface area contributed by atoms with Crippen molar-refractivity contribution in [3.05, 3.63) is 34.9 Å². The molecule has 1 heterocycles. The third-order valence-electron chi connectivity index (χ3n) is 3.77. The molecule has 112 valence electrons. The Morgan fingerprint density at radius 1 is 1.35 bits per heavy atom. The standard InChI is InChI=1S/C15H20F3NO/c1-11-10-19(8-9-20-11)7-6-13-4-3-5-14(12(13)2)15(16,17)18/h3-5,11H,6-10H2,1-2H3. The van der Waals surface area contributed by atoms with Crippen molar-refractivity contribution in [1.29, 1.82) is 0 Å². The lowest BCUT2D eigenvalue weighted by atomic mass is 9.99. The van der Waals surface area contributed by atoms with Crippen molar-refractivity contribution in [2.45, 2.75) is 32.5 Å². The summed E-state index contributed by atoms with van der Waals surface area (Å²) in [6.45, 7) is 6.74. The van der Waals surface area contributed by atoms with Crippen LogP contribution in [0.5, 0.6) is 0 Å². The van der Waals surface area contributed by atoms with Crippen LogP contribution >= 0.6 is 0 Å². The van der Waals surface area contributed by atoms with Crippen molar-refractivity contribution < 1.29 is 17.9 Å². The van der Waals surface area contributed by atoms with Gasteiger partial charge in [-0.05, 0) is 37.5 Å². The van der Waals surface area contributed by atoms with Crippen LogP contribution in [0.1, 0.15) is 23.6 Å². The Bertz CT molecular complexity index is 459. The number of rotatable bonds is 3. The van der Waals surface area contributed by atoms with Crippen LogP contribution in [-0.2, 0) is 17.3 Å². The normalized spacial score (nSPS) is 21.1. The molecule has 1 atom stereocenters. The molecular weight excluding hydrogens is 267 g/mol. The summed E-state index contributed by atoms with van der Waals surface area (Å²) in [5, 5.41) is 0. The van der Waals surface area contributed by atoms with Gasteiger partial charge >= 0.3 is 6.18 Å². The molecule has 0 N–H and O–H groups in total. The molecule has 1 aliphatic rings. The molecule has 1 fully saturated rings. The van der Waals surface area contributed by atoms with Gasteiger partial charge in [0.25, 0.3) is 0 Å². The van der Waals surface area contributed by atoms with Crippen LogP contribution in [0.4, 0.5) is 13.2 Å².